The molecule has 0 radical (unpaired) electrons. The summed E-state index contributed by atoms with van der Waals surface area (Å²) in [5, 5.41) is 15.0. The van der Waals surface area contributed by atoms with E-state index in [0.717, 1.165) is 0 Å². The number of carboxylic acids is 1. The molecule has 0 spiro atoms. The Morgan fingerprint density at radius 3 is 2.69 bits per heavy atom. The Morgan fingerprint density at radius 1 is 1.27 bits per heavy atom. The molecule has 1 fully saturated rings. The lowest BCUT2D eigenvalue weighted by Crippen LogP contribution is -2.44. The molecule has 2 atom stereocenters. The number of aromatic amines is 1. The Labute approximate surface area is 149 Å². The molecule has 2 amide bonds. The number of H-pyrrole nitrogens is 1. The van der Waals surface area contributed by atoms with Gasteiger partial charge in [0.05, 0.1) is 6.54 Å². The van der Waals surface area contributed by atoms with E-state index in [-0.39, 0.29) is 31.3 Å². The maximum absolute atomic E-state index is 12.4. The first-order valence-electron chi connectivity index (χ1n) is 8.16. The lowest BCUT2D eigenvalue weighted by Gasteiger charge is -2.21. The molecule has 3 rings (SSSR count). The van der Waals surface area contributed by atoms with Gasteiger partial charge in [0.2, 0.25) is 11.9 Å². The lowest BCUT2D eigenvalue weighted by molar-refractivity contribution is -0.147. The lowest BCUT2D eigenvalue weighted by atomic mass is 10.1. The van der Waals surface area contributed by atoms with Crippen molar-refractivity contribution in [3.05, 3.63) is 48.3 Å². The van der Waals surface area contributed by atoms with Gasteiger partial charge in [0.1, 0.15) is 6.04 Å². The van der Waals surface area contributed by atoms with Crippen LogP contribution in [0.4, 0.5) is 5.95 Å². The van der Waals surface area contributed by atoms with Crippen molar-refractivity contribution in [3.8, 4) is 0 Å². The van der Waals surface area contributed by atoms with Crippen molar-refractivity contribution < 1.29 is 19.5 Å². The number of aromatic nitrogens is 2. The monoisotopic (exact) mass is 357 g/mol. The maximum Gasteiger partial charge on any atom is 0.326 e. The van der Waals surface area contributed by atoms with Gasteiger partial charge in [-0.15, -0.1) is 0 Å². The molecule has 2 aromatic rings. The number of hydrogen-bond donors (Lipinski definition) is 4. The number of carbonyl (C=O) groups excluding carboxylic acids is 2. The minimum absolute atomic E-state index is 0.0867. The molecular weight excluding hydrogens is 338 g/mol. The van der Waals surface area contributed by atoms with Crippen LogP contribution in [0.1, 0.15) is 16.8 Å². The summed E-state index contributed by atoms with van der Waals surface area (Å²) in [5.41, 5.74) is 0.489. The third-order valence-corrected chi connectivity index (χ3v) is 4.18. The molecule has 26 heavy (non-hydrogen) atoms. The van der Waals surface area contributed by atoms with E-state index in [1.807, 2.05) is 0 Å². The van der Waals surface area contributed by atoms with Crippen molar-refractivity contribution in [1.82, 2.24) is 20.2 Å². The first-order chi connectivity index (χ1) is 12.5. The summed E-state index contributed by atoms with van der Waals surface area (Å²) in [6.45, 7) is 0.0604. The van der Waals surface area contributed by atoms with Crippen molar-refractivity contribution in [1.29, 1.82) is 0 Å². The number of carboxylic acid groups (broad SMARTS) is 1. The number of nitrogens with zero attached hydrogens (tertiary/aromatic N) is 2. The standard InChI is InChI=1S/C17H19N5O4/c23-14(9-20-17-18-6-7-19-17)22-10-12(8-13(22)16(25)26)21-15(24)11-4-2-1-3-5-11/h1-7,12-13H,8-10H2,(H,21,24)(H,25,26)(H2,18,19,20)/t12-,13+/m1/s1. The summed E-state index contributed by atoms with van der Waals surface area (Å²) >= 11 is 0. The molecule has 0 bridgehead atoms. The highest BCUT2D eigenvalue weighted by molar-refractivity contribution is 5.94. The molecule has 0 unspecified atom stereocenters. The van der Waals surface area contributed by atoms with Crippen LogP contribution in [0.2, 0.25) is 0 Å². The van der Waals surface area contributed by atoms with E-state index >= 15 is 0 Å². The third kappa shape index (κ3) is 4.00. The molecule has 1 aromatic carbocycles. The van der Waals surface area contributed by atoms with Crippen LogP contribution in [0, 0.1) is 0 Å². The van der Waals surface area contributed by atoms with Crippen LogP contribution in [0.5, 0.6) is 0 Å². The largest absolute Gasteiger partial charge is 0.480 e. The van der Waals surface area contributed by atoms with Crippen LogP contribution < -0.4 is 10.6 Å². The molecular formula is C17H19N5O4. The number of nitrogens with one attached hydrogen (secondary N) is 3. The molecule has 0 saturated carbocycles. The molecule has 9 nitrogen and oxygen atoms in total. The van der Waals surface area contributed by atoms with Gasteiger partial charge in [0, 0.05) is 37.0 Å². The Hall–Kier alpha value is -3.36. The Morgan fingerprint density at radius 2 is 2.04 bits per heavy atom. The van der Waals surface area contributed by atoms with Gasteiger partial charge in [-0.3, -0.25) is 9.59 Å². The zero-order valence-electron chi connectivity index (χ0n) is 13.9. The number of hydrogen-bond acceptors (Lipinski definition) is 5. The number of benzene rings is 1. The molecule has 4 N–H and O–H groups in total. The second-order valence-electron chi connectivity index (χ2n) is 5.96. The molecule has 1 aromatic heterocycles. The van der Waals surface area contributed by atoms with E-state index in [1.54, 1.807) is 36.5 Å². The summed E-state index contributed by atoms with van der Waals surface area (Å²) < 4.78 is 0. The zero-order chi connectivity index (χ0) is 18.5. The predicted octanol–water partition coefficient (Wildman–Crippen LogP) is 0.306. The molecule has 1 aliphatic heterocycles. The van der Waals surface area contributed by atoms with Crippen LogP contribution in [0.3, 0.4) is 0 Å². The van der Waals surface area contributed by atoms with Crippen molar-refractivity contribution >= 4 is 23.7 Å². The molecule has 2 heterocycles. The number of imidazole rings is 1. The number of rotatable bonds is 6. The number of aliphatic carboxylic acids is 1. The molecule has 136 valence electrons. The smallest absolute Gasteiger partial charge is 0.326 e. The van der Waals surface area contributed by atoms with Crippen molar-refractivity contribution in [2.45, 2.75) is 18.5 Å². The SMILES string of the molecule is O=C(N[C@@H]1C[C@@H](C(=O)O)N(C(=O)CNc2ncc[nH]2)C1)c1ccccc1. The molecule has 0 aliphatic carbocycles. The van der Waals surface area contributed by atoms with Crippen molar-refractivity contribution in [2.24, 2.45) is 0 Å². The van der Waals surface area contributed by atoms with E-state index in [1.165, 1.54) is 11.1 Å². The number of anilines is 1. The first kappa shape index (κ1) is 17.5. The number of carbonyl (C=O) groups is 3. The van der Waals surface area contributed by atoms with Gasteiger partial charge in [-0.2, -0.15) is 0 Å². The van der Waals surface area contributed by atoms with Gasteiger partial charge in [-0.05, 0) is 12.1 Å². The second kappa shape index (κ2) is 7.68. The summed E-state index contributed by atoms with van der Waals surface area (Å²) in [5.74, 6) is -1.32. The normalized spacial score (nSPS) is 19.2. The Bertz CT molecular complexity index is 778. The summed E-state index contributed by atoms with van der Waals surface area (Å²) in [4.78, 5) is 44.2. The van der Waals surface area contributed by atoms with Gasteiger partial charge in [0.25, 0.3) is 5.91 Å². The highest BCUT2D eigenvalue weighted by atomic mass is 16.4. The zero-order valence-corrected chi connectivity index (χ0v) is 13.9. The second-order valence-corrected chi connectivity index (χ2v) is 5.96. The fourth-order valence-corrected chi connectivity index (χ4v) is 2.93. The summed E-state index contributed by atoms with van der Waals surface area (Å²) in [6, 6.07) is 7.27. The van der Waals surface area contributed by atoms with Gasteiger partial charge in [-0.25, -0.2) is 9.78 Å². The van der Waals surface area contributed by atoms with E-state index in [4.69, 9.17) is 0 Å². The highest BCUT2D eigenvalue weighted by Crippen LogP contribution is 2.19. The summed E-state index contributed by atoms with van der Waals surface area (Å²) in [6.07, 6.45) is 3.32. The van der Waals surface area contributed by atoms with E-state index < -0.39 is 18.1 Å². The average Bonchev–Trinajstić information content (AvgIpc) is 3.30. The Balaban J connectivity index is 1.61. The maximum atomic E-state index is 12.4. The van der Waals surface area contributed by atoms with E-state index in [9.17, 15) is 19.5 Å². The van der Waals surface area contributed by atoms with Gasteiger partial charge in [-0.1, -0.05) is 18.2 Å². The quantitative estimate of drug-likeness (QED) is 0.589. The van der Waals surface area contributed by atoms with Crippen LogP contribution in [0.25, 0.3) is 0 Å². The van der Waals surface area contributed by atoms with Crippen molar-refractivity contribution in [3.63, 3.8) is 0 Å². The highest BCUT2D eigenvalue weighted by Gasteiger charge is 2.40. The minimum Gasteiger partial charge on any atom is -0.480 e. The van der Waals surface area contributed by atoms with Crippen LogP contribution in [-0.4, -0.2) is 62.9 Å². The minimum atomic E-state index is -1.09. The average molecular weight is 357 g/mol. The van der Waals surface area contributed by atoms with Crippen LogP contribution in [-0.2, 0) is 9.59 Å². The van der Waals surface area contributed by atoms with Crippen LogP contribution >= 0.6 is 0 Å². The topological polar surface area (TPSA) is 127 Å². The fraction of sp³-hybridized carbons (Fsp3) is 0.294. The number of amides is 2. The van der Waals surface area contributed by atoms with E-state index in [2.05, 4.69) is 20.6 Å². The van der Waals surface area contributed by atoms with Gasteiger partial charge >= 0.3 is 5.97 Å². The molecule has 1 aliphatic rings. The number of likely N-dealkylation sites (tertiary alicyclic amines) is 1. The van der Waals surface area contributed by atoms with Crippen molar-refractivity contribution in [2.75, 3.05) is 18.4 Å². The first-order valence-corrected chi connectivity index (χ1v) is 8.16. The molecule has 1 saturated heterocycles. The Kier molecular flexibility index (Phi) is 5.16. The summed E-state index contributed by atoms with van der Waals surface area (Å²) in [7, 11) is 0. The third-order valence-electron chi connectivity index (χ3n) is 4.18. The van der Waals surface area contributed by atoms with Crippen LogP contribution in [0.15, 0.2) is 42.7 Å². The van der Waals surface area contributed by atoms with E-state index in [0.29, 0.717) is 11.5 Å². The molecule has 9 heteroatoms. The van der Waals surface area contributed by atoms with Gasteiger partial charge in [0.15, 0.2) is 0 Å². The van der Waals surface area contributed by atoms with Gasteiger partial charge < -0.3 is 25.6 Å². The fourth-order valence-electron chi connectivity index (χ4n) is 2.93. The predicted molar refractivity (Wildman–Crippen MR) is 92.5 cm³/mol.